The number of para-hydroxylation sites is 1. The molecule has 0 saturated heterocycles. The number of hydrogen-bond acceptors (Lipinski definition) is 3. The highest BCUT2D eigenvalue weighted by atomic mass is 35.5. The molecule has 0 radical (unpaired) electrons. The zero-order valence-electron chi connectivity index (χ0n) is 13.1. The van der Waals surface area contributed by atoms with Crippen molar-refractivity contribution in [2.24, 2.45) is 0 Å². The summed E-state index contributed by atoms with van der Waals surface area (Å²) < 4.78 is 5.35. The van der Waals surface area contributed by atoms with Gasteiger partial charge in [-0.2, -0.15) is 0 Å². The van der Waals surface area contributed by atoms with E-state index in [1.165, 1.54) is 5.56 Å². The van der Waals surface area contributed by atoms with Crippen LogP contribution in [0.15, 0.2) is 59.1 Å². The molecule has 0 bridgehead atoms. The maximum Gasteiger partial charge on any atom is 0.280 e. The Labute approximate surface area is 144 Å². The van der Waals surface area contributed by atoms with Gasteiger partial charge in [0.25, 0.3) is 5.91 Å². The molecular weight excluding hydrogens is 324 g/mol. The Morgan fingerprint density at radius 2 is 1.96 bits per heavy atom. The number of nitrogens with zero attached hydrogens (tertiary/aromatic N) is 2. The second kappa shape index (κ2) is 5.80. The molecule has 2 heterocycles. The zero-order valence-corrected chi connectivity index (χ0v) is 13.8. The van der Waals surface area contributed by atoms with Crippen LogP contribution in [0.3, 0.4) is 0 Å². The first-order valence-electron chi connectivity index (χ1n) is 7.77. The molecule has 5 heteroatoms. The van der Waals surface area contributed by atoms with Crippen LogP contribution in [-0.2, 0) is 6.42 Å². The van der Waals surface area contributed by atoms with Crippen molar-refractivity contribution in [2.45, 2.75) is 19.4 Å². The van der Waals surface area contributed by atoms with E-state index >= 15 is 0 Å². The Morgan fingerprint density at radius 3 is 2.75 bits per heavy atom. The quantitative estimate of drug-likeness (QED) is 0.686. The molecule has 1 aromatic heterocycles. The number of aromatic nitrogens is 1. The van der Waals surface area contributed by atoms with Crippen LogP contribution in [-0.4, -0.2) is 17.1 Å². The average molecular weight is 339 g/mol. The van der Waals surface area contributed by atoms with Gasteiger partial charge in [0, 0.05) is 28.4 Å². The maximum atomic E-state index is 12.9. The molecular formula is C19H15ClN2O2. The van der Waals surface area contributed by atoms with Gasteiger partial charge in [0.05, 0.1) is 0 Å². The molecule has 2 aromatic carbocycles. The third kappa shape index (κ3) is 2.49. The van der Waals surface area contributed by atoms with E-state index in [-0.39, 0.29) is 11.9 Å². The van der Waals surface area contributed by atoms with Crippen LogP contribution in [0.5, 0.6) is 0 Å². The molecule has 3 aromatic rings. The highest BCUT2D eigenvalue weighted by Crippen LogP contribution is 2.33. The molecule has 1 aliphatic heterocycles. The monoisotopic (exact) mass is 338 g/mol. The third-order valence-corrected chi connectivity index (χ3v) is 4.54. The Balaban J connectivity index is 1.65. The van der Waals surface area contributed by atoms with Crippen LogP contribution in [0.25, 0.3) is 11.3 Å². The van der Waals surface area contributed by atoms with Crippen molar-refractivity contribution in [2.75, 3.05) is 4.90 Å². The molecule has 1 aliphatic rings. The summed E-state index contributed by atoms with van der Waals surface area (Å²) in [6, 6.07) is 17.0. The van der Waals surface area contributed by atoms with Crippen LogP contribution in [0.2, 0.25) is 5.02 Å². The van der Waals surface area contributed by atoms with E-state index in [1.807, 2.05) is 37.3 Å². The predicted octanol–water partition coefficient (Wildman–Crippen LogP) is 4.59. The van der Waals surface area contributed by atoms with Crippen LogP contribution >= 0.6 is 11.6 Å². The van der Waals surface area contributed by atoms with Crippen molar-refractivity contribution in [1.29, 1.82) is 0 Å². The standard InChI is InChI=1S/C19H15ClN2O2/c1-12-10-14-4-2-3-5-17(14)22(12)19(23)16-11-18(24-21-16)13-6-8-15(20)9-7-13/h2-9,11-12H,10H2,1H3. The largest absolute Gasteiger partial charge is 0.355 e. The van der Waals surface area contributed by atoms with E-state index in [0.717, 1.165) is 17.7 Å². The third-order valence-electron chi connectivity index (χ3n) is 4.28. The van der Waals surface area contributed by atoms with Crippen LogP contribution < -0.4 is 4.90 Å². The first-order chi connectivity index (χ1) is 11.6. The van der Waals surface area contributed by atoms with E-state index < -0.39 is 0 Å². The van der Waals surface area contributed by atoms with Crippen molar-refractivity contribution < 1.29 is 9.32 Å². The van der Waals surface area contributed by atoms with Gasteiger partial charge in [-0.25, -0.2) is 0 Å². The van der Waals surface area contributed by atoms with Crippen molar-refractivity contribution in [3.63, 3.8) is 0 Å². The number of benzene rings is 2. The van der Waals surface area contributed by atoms with E-state index in [1.54, 1.807) is 23.1 Å². The number of carbonyl (C=O) groups is 1. The minimum Gasteiger partial charge on any atom is -0.355 e. The van der Waals surface area contributed by atoms with Gasteiger partial charge in [0.2, 0.25) is 0 Å². The van der Waals surface area contributed by atoms with Gasteiger partial charge in [-0.3, -0.25) is 4.79 Å². The molecule has 120 valence electrons. The SMILES string of the molecule is CC1Cc2ccccc2N1C(=O)c1cc(-c2ccc(Cl)cc2)on1. The fourth-order valence-electron chi connectivity index (χ4n) is 3.12. The zero-order chi connectivity index (χ0) is 16.7. The summed E-state index contributed by atoms with van der Waals surface area (Å²) in [5.74, 6) is 0.409. The number of halogens is 1. The molecule has 1 unspecified atom stereocenters. The Kier molecular flexibility index (Phi) is 3.62. The average Bonchev–Trinajstić information content (AvgIpc) is 3.19. The second-order valence-corrected chi connectivity index (χ2v) is 6.38. The maximum absolute atomic E-state index is 12.9. The van der Waals surface area contributed by atoms with Crippen LogP contribution in [0, 0.1) is 0 Å². The topological polar surface area (TPSA) is 46.3 Å². The van der Waals surface area contributed by atoms with E-state index in [0.29, 0.717) is 16.5 Å². The number of amides is 1. The molecule has 4 rings (SSSR count). The summed E-state index contributed by atoms with van der Waals surface area (Å²) in [6.45, 7) is 2.04. The minimum atomic E-state index is -0.142. The van der Waals surface area contributed by atoms with Crippen LogP contribution in [0.4, 0.5) is 5.69 Å². The molecule has 0 aliphatic carbocycles. The summed E-state index contributed by atoms with van der Waals surface area (Å²) in [5.41, 5.74) is 3.27. The van der Waals surface area contributed by atoms with E-state index in [4.69, 9.17) is 16.1 Å². The lowest BCUT2D eigenvalue weighted by Crippen LogP contribution is -2.35. The molecule has 0 saturated carbocycles. The first kappa shape index (κ1) is 15.0. The normalized spacial score (nSPS) is 16.2. The van der Waals surface area contributed by atoms with Gasteiger partial charge in [0.1, 0.15) is 0 Å². The molecule has 0 fully saturated rings. The van der Waals surface area contributed by atoms with Gasteiger partial charge in [0.15, 0.2) is 11.5 Å². The molecule has 0 N–H and O–H groups in total. The van der Waals surface area contributed by atoms with Crippen molar-refractivity contribution in [3.8, 4) is 11.3 Å². The fourth-order valence-corrected chi connectivity index (χ4v) is 3.25. The Bertz CT molecular complexity index is 902. The van der Waals surface area contributed by atoms with Crippen LogP contribution in [0.1, 0.15) is 23.0 Å². The molecule has 0 spiro atoms. The Hall–Kier alpha value is -2.59. The lowest BCUT2D eigenvalue weighted by atomic mass is 10.1. The molecule has 24 heavy (non-hydrogen) atoms. The van der Waals surface area contributed by atoms with Gasteiger partial charge >= 0.3 is 0 Å². The summed E-state index contributed by atoms with van der Waals surface area (Å²) in [5, 5.41) is 4.62. The minimum absolute atomic E-state index is 0.102. The van der Waals surface area contributed by atoms with Gasteiger partial charge in [-0.15, -0.1) is 0 Å². The number of rotatable bonds is 2. The lowest BCUT2D eigenvalue weighted by molar-refractivity contribution is 0.0973. The summed E-state index contributed by atoms with van der Waals surface area (Å²) >= 11 is 5.90. The van der Waals surface area contributed by atoms with Gasteiger partial charge < -0.3 is 9.42 Å². The lowest BCUT2D eigenvalue weighted by Gasteiger charge is -2.21. The smallest absolute Gasteiger partial charge is 0.280 e. The Morgan fingerprint density at radius 1 is 1.21 bits per heavy atom. The van der Waals surface area contributed by atoms with E-state index in [9.17, 15) is 4.79 Å². The predicted molar refractivity (Wildman–Crippen MR) is 93.4 cm³/mol. The number of carbonyl (C=O) groups excluding carboxylic acids is 1. The molecule has 4 nitrogen and oxygen atoms in total. The fraction of sp³-hybridized carbons (Fsp3) is 0.158. The van der Waals surface area contributed by atoms with Crippen molar-refractivity contribution >= 4 is 23.2 Å². The van der Waals surface area contributed by atoms with Crippen molar-refractivity contribution in [3.05, 3.63) is 70.9 Å². The van der Waals surface area contributed by atoms with Crippen molar-refractivity contribution in [1.82, 2.24) is 5.16 Å². The molecule has 1 amide bonds. The van der Waals surface area contributed by atoms with Gasteiger partial charge in [-0.1, -0.05) is 35.0 Å². The van der Waals surface area contributed by atoms with Gasteiger partial charge in [-0.05, 0) is 49.2 Å². The summed E-state index contributed by atoms with van der Waals surface area (Å²) in [7, 11) is 0. The number of fused-ring (bicyclic) bond motifs is 1. The highest BCUT2D eigenvalue weighted by Gasteiger charge is 2.32. The highest BCUT2D eigenvalue weighted by molar-refractivity contribution is 6.30. The first-order valence-corrected chi connectivity index (χ1v) is 8.15. The number of hydrogen-bond donors (Lipinski definition) is 0. The summed E-state index contributed by atoms with van der Waals surface area (Å²) in [4.78, 5) is 14.7. The van der Waals surface area contributed by atoms with E-state index in [2.05, 4.69) is 11.2 Å². The molecule has 1 atom stereocenters. The summed E-state index contributed by atoms with van der Waals surface area (Å²) in [6.07, 6.45) is 0.851. The number of anilines is 1. The second-order valence-electron chi connectivity index (χ2n) is 5.94.